The molecule has 1 heterocycles. The summed E-state index contributed by atoms with van der Waals surface area (Å²) in [4.78, 5) is 14.1. The lowest BCUT2D eigenvalue weighted by Crippen LogP contribution is -2.45. The SMILES string of the molecule is CN(Cc1ccccc1)C(=O)[C@H]1C[C@H](S)CN1S(C)(=O)=O. The van der Waals surface area contributed by atoms with Gasteiger partial charge in [-0.05, 0) is 12.0 Å². The molecule has 0 aliphatic carbocycles. The number of benzene rings is 1. The zero-order valence-corrected chi connectivity index (χ0v) is 13.8. The van der Waals surface area contributed by atoms with Crippen LogP contribution in [0.1, 0.15) is 12.0 Å². The molecule has 7 heteroatoms. The Morgan fingerprint density at radius 1 is 1.38 bits per heavy atom. The van der Waals surface area contributed by atoms with Crippen molar-refractivity contribution in [2.45, 2.75) is 24.3 Å². The average molecular weight is 328 g/mol. The fraction of sp³-hybridized carbons (Fsp3) is 0.500. The summed E-state index contributed by atoms with van der Waals surface area (Å²) in [5, 5.41) is -0.0983. The molecule has 0 bridgehead atoms. The zero-order chi connectivity index (χ0) is 15.6. The fourth-order valence-corrected chi connectivity index (χ4v) is 4.14. The molecule has 2 rings (SSSR count). The maximum absolute atomic E-state index is 12.5. The van der Waals surface area contributed by atoms with Crippen LogP contribution in [0.4, 0.5) is 0 Å². The van der Waals surface area contributed by atoms with E-state index in [9.17, 15) is 13.2 Å². The van der Waals surface area contributed by atoms with Gasteiger partial charge >= 0.3 is 0 Å². The molecule has 1 aliphatic rings. The van der Waals surface area contributed by atoms with E-state index in [-0.39, 0.29) is 17.7 Å². The highest BCUT2D eigenvalue weighted by molar-refractivity contribution is 7.88. The van der Waals surface area contributed by atoms with Crippen LogP contribution in [0, 0.1) is 0 Å². The van der Waals surface area contributed by atoms with Gasteiger partial charge in [-0.15, -0.1) is 0 Å². The number of hydrogen-bond donors (Lipinski definition) is 1. The maximum Gasteiger partial charge on any atom is 0.241 e. The Morgan fingerprint density at radius 3 is 2.57 bits per heavy atom. The third kappa shape index (κ3) is 3.99. The summed E-state index contributed by atoms with van der Waals surface area (Å²) < 4.78 is 24.9. The lowest BCUT2D eigenvalue weighted by Gasteiger charge is -2.26. The molecule has 21 heavy (non-hydrogen) atoms. The van der Waals surface area contributed by atoms with Crippen molar-refractivity contribution in [3.05, 3.63) is 35.9 Å². The van der Waals surface area contributed by atoms with Crippen molar-refractivity contribution in [3.63, 3.8) is 0 Å². The van der Waals surface area contributed by atoms with E-state index in [2.05, 4.69) is 12.6 Å². The Bertz CT molecular complexity index is 604. The van der Waals surface area contributed by atoms with Gasteiger partial charge in [-0.1, -0.05) is 30.3 Å². The summed E-state index contributed by atoms with van der Waals surface area (Å²) in [7, 11) is -1.70. The van der Waals surface area contributed by atoms with E-state index >= 15 is 0 Å². The first kappa shape index (κ1) is 16.3. The second kappa shape index (κ2) is 6.37. The molecular formula is C14H20N2O3S2. The van der Waals surface area contributed by atoms with Crippen molar-refractivity contribution in [3.8, 4) is 0 Å². The van der Waals surface area contributed by atoms with Crippen molar-refractivity contribution in [1.29, 1.82) is 0 Å². The van der Waals surface area contributed by atoms with E-state index in [1.807, 2.05) is 30.3 Å². The number of nitrogens with zero attached hydrogens (tertiary/aromatic N) is 2. The van der Waals surface area contributed by atoms with Crippen LogP contribution >= 0.6 is 12.6 Å². The van der Waals surface area contributed by atoms with Gasteiger partial charge in [-0.2, -0.15) is 16.9 Å². The Balaban J connectivity index is 2.11. The first-order chi connectivity index (χ1) is 9.79. The van der Waals surface area contributed by atoms with E-state index in [0.717, 1.165) is 11.8 Å². The minimum atomic E-state index is -3.40. The summed E-state index contributed by atoms with van der Waals surface area (Å²) >= 11 is 4.33. The first-order valence-electron chi connectivity index (χ1n) is 6.73. The Morgan fingerprint density at radius 2 is 2.00 bits per heavy atom. The normalized spacial score (nSPS) is 23.2. The van der Waals surface area contributed by atoms with Crippen LogP contribution in [-0.2, 0) is 21.4 Å². The minimum Gasteiger partial charge on any atom is -0.340 e. The lowest BCUT2D eigenvalue weighted by atomic mass is 10.1. The molecule has 2 atom stereocenters. The third-order valence-electron chi connectivity index (χ3n) is 3.58. The number of carbonyl (C=O) groups is 1. The number of thiol groups is 1. The molecule has 1 aromatic rings. The van der Waals surface area contributed by atoms with Crippen LogP contribution in [-0.4, -0.2) is 54.7 Å². The highest BCUT2D eigenvalue weighted by atomic mass is 32.2. The molecule has 0 saturated carbocycles. The minimum absolute atomic E-state index is 0.0983. The molecule has 0 radical (unpaired) electrons. The smallest absolute Gasteiger partial charge is 0.241 e. The third-order valence-corrected chi connectivity index (χ3v) is 5.21. The van der Waals surface area contributed by atoms with Gasteiger partial charge in [0.05, 0.1) is 6.26 Å². The van der Waals surface area contributed by atoms with Gasteiger partial charge in [0.1, 0.15) is 6.04 Å². The van der Waals surface area contributed by atoms with Crippen LogP contribution in [0.2, 0.25) is 0 Å². The molecule has 1 amide bonds. The molecule has 5 nitrogen and oxygen atoms in total. The van der Waals surface area contributed by atoms with Crippen LogP contribution in [0.3, 0.4) is 0 Å². The highest BCUT2D eigenvalue weighted by Crippen LogP contribution is 2.26. The summed E-state index contributed by atoms with van der Waals surface area (Å²) in [5.74, 6) is -0.180. The van der Waals surface area contributed by atoms with Crippen molar-refractivity contribution in [2.24, 2.45) is 0 Å². The maximum atomic E-state index is 12.5. The predicted molar refractivity (Wildman–Crippen MR) is 85.6 cm³/mol. The van der Waals surface area contributed by atoms with Crippen LogP contribution in [0.5, 0.6) is 0 Å². The summed E-state index contributed by atoms with van der Waals surface area (Å²) in [6.07, 6.45) is 1.59. The van der Waals surface area contributed by atoms with Crippen LogP contribution < -0.4 is 0 Å². The molecular weight excluding hydrogens is 308 g/mol. The van der Waals surface area contributed by atoms with E-state index in [4.69, 9.17) is 0 Å². The number of sulfonamides is 1. The molecule has 116 valence electrons. The summed E-state index contributed by atoms with van der Waals surface area (Å²) in [6, 6.07) is 8.98. The molecule has 1 saturated heterocycles. The second-order valence-corrected chi connectivity index (χ2v) is 8.08. The van der Waals surface area contributed by atoms with Gasteiger partial charge in [0, 0.05) is 25.4 Å². The highest BCUT2D eigenvalue weighted by Gasteiger charge is 2.41. The van der Waals surface area contributed by atoms with E-state index in [1.54, 1.807) is 11.9 Å². The standard InChI is InChI=1S/C14H20N2O3S2/c1-15(9-11-6-4-3-5-7-11)14(17)13-8-12(20)10-16(13)21(2,18)19/h3-7,12-13,20H,8-10H2,1-2H3/t12-,13+/m0/s1. The number of hydrogen-bond acceptors (Lipinski definition) is 4. The number of amides is 1. The summed E-state index contributed by atoms with van der Waals surface area (Å²) in [6.45, 7) is 0.753. The molecule has 1 aliphatic heterocycles. The molecule has 0 N–H and O–H groups in total. The Labute approximate surface area is 131 Å². The lowest BCUT2D eigenvalue weighted by molar-refractivity contribution is -0.133. The number of rotatable bonds is 4. The number of likely N-dealkylation sites (N-methyl/N-ethyl adjacent to an activating group) is 1. The van der Waals surface area contributed by atoms with Gasteiger partial charge in [0.2, 0.25) is 15.9 Å². The Hall–Kier alpha value is -1.05. The largest absolute Gasteiger partial charge is 0.340 e. The van der Waals surface area contributed by atoms with Crippen molar-refractivity contribution >= 4 is 28.6 Å². The zero-order valence-electron chi connectivity index (χ0n) is 12.1. The van der Waals surface area contributed by atoms with Crippen molar-refractivity contribution in [2.75, 3.05) is 19.8 Å². The molecule has 0 aromatic heterocycles. The molecule has 1 fully saturated rings. The van der Waals surface area contributed by atoms with Crippen molar-refractivity contribution in [1.82, 2.24) is 9.21 Å². The molecule has 0 unspecified atom stereocenters. The van der Waals surface area contributed by atoms with E-state index < -0.39 is 16.1 Å². The van der Waals surface area contributed by atoms with Crippen molar-refractivity contribution < 1.29 is 13.2 Å². The van der Waals surface area contributed by atoms with Gasteiger partial charge in [-0.3, -0.25) is 4.79 Å². The van der Waals surface area contributed by atoms with E-state index in [1.165, 1.54) is 4.31 Å². The fourth-order valence-electron chi connectivity index (χ4n) is 2.56. The average Bonchev–Trinajstić information content (AvgIpc) is 2.81. The monoisotopic (exact) mass is 328 g/mol. The van der Waals surface area contributed by atoms with Gasteiger partial charge in [0.25, 0.3) is 0 Å². The van der Waals surface area contributed by atoms with Crippen LogP contribution in [0.15, 0.2) is 30.3 Å². The van der Waals surface area contributed by atoms with Gasteiger partial charge in [-0.25, -0.2) is 8.42 Å². The van der Waals surface area contributed by atoms with E-state index in [0.29, 0.717) is 13.0 Å². The predicted octanol–water partition coefficient (Wildman–Crippen LogP) is 0.977. The molecule has 1 aromatic carbocycles. The molecule has 0 spiro atoms. The van der Waals surface area contributed by atoms with Crippen LogP contribution in [0.25, 0.3) is 0 Å². The van der Waals surface area contributed by atoms with Gasteiger partial charge in [0.15, 0.2) is 0 Å². The second-order valence-electron chi connectivity index (χ2n) is 5.42. The topological polar surface area (TPSA) is 57.7 Å². The quantitative estimate of drug-likeness (QED) is 0.838. The first-order valence-corrected chi connectivity index (χ1v) is 9.09. The Kier molecular flexibility index (Phi) is 4.95. The van der Waals surface area contributed by atoms with Gasteiger partial charge < -0.3 is 4.90 Å². The summed E-state index contributed by atoms with van der Waals surface area (Å²) in [5.41, 5.74) is 1.01. The number of carbonyl (C=O) groups excluding carboxylic acids is 1.